The van der Waals surface area contributed by atoms with Gasteiger partial charge in [-0.1, -0.05) is 0 Å². The van der Waals surface area contributed by atoms with Gasteiger partial charge < -0.3 is 0 Å². The molecule has 1 radical (unpaired) electrons. The van der Waals surface area contributed by atoms with Gasteiger partial charge in [0.25, 0.3) is 0 Å². The third kappa shape index (κ3) is 1.83. The van der Waals surface area contributed by atoms with Crippen LogP contribution in [0, 0.1) is 7.05 Å². The van der Waals surface area contributed by atoms with Crippen molar-refractivity contribution in [1.29, 1.82) is 0 Å². The fraction of sp³-hybridized carbons (Fsp3) is 0.500. The summed E-state index contributed by atoms with van der Waals surface area (Å²) in [4.78, 5) is 0. The molecule has 1 N–H and O–H groups in total. The summed E-state index contributed by atoms with van der Waals surface area (Å²) < 4.78 is 53.8. The van der Waals surface area contributed by atoms with Gasteiger partial charge in [0.05, 0.1) is 0 Å². The molecule has 0 bridgehead atoms. The molecule has 55 valence electrons. The number of sulfonamides is 1. The molecule has 7 heteroatoms. The molecule has 0 spiro atoms. The van der Waals surface area contributed by atoms with Crippen molar-refractivity contribution >= 4 is 10.0 Å². The van der Waals surface area contributed by atoms with Crippen LogP contribution in [-0.4, -0.2) is 13.9 Å². The Balaban J connectivity index is 4.57. The van der Waals surface area contributed by atoms with Crippen molar-refractivity contribution in [2.45, 2.75) is 5.51 Å². The molecule has 0 aliphatic carbocycles. The van der Waals surface area contributed by atoms with Crippen molar-refractivity contribution in [3.8, 4) is 0 Å². The standard InChI is InChI=1S/C2H3F3NO2S/c1-6-9(7,8)2(3,4)5/h6H,1H2. The SMILES string of the molecule is [CH2]NS(=O)(=O)C(F)(F)F. The Labute approximate surface area is 49.9 Å². The number of nitrogens with one attached hydrogen (secondary N) is 1. The third-order valence-electron chi connectivity index (χ3n) is 0.495. The molecular weight excluding hydrogens is 159 g/mol. The molecule has 0 aliphatic rings. The summed E-state index contributed by atoms with van der Waals surface area (Å²) in [6, 6.07) is 0. The highest BCUT2D eigenvalue weighted by molar-refractivity contribution is 7.90. The zero-order valence-corrected chi connectivity index (χ0v) is 4.88. The van der Waals surface area contributed by atoms with E-state index >= 15 is 0 Å². The van der Waals surface area contributed by atoms with Crippen LogP contribution in [0.15, 0.2) is 0 Å². The van der Waals surface area contributed by atoms with Crippen molar-refractivity contribution in [2.24, 2.45) is 0 Å². The fourth-order valence-electron chi connectivity index (χ4n) is 0.0818. The van der Waals surface area contributed by atoms with E-state index in [-0.39, 0.29) is 0 Å². The molecule has 0 unspecified atom stereocenters. The van der Waals surface area contributed by atoms with E-state index in [1.165, 1.54) is 0 Å². The highest BCUT2D eigenvalue weighted by atomic mass is 32.2. The van der Waals surface area contributed by atoms with Gasteiger partial charge in [0.15, 0.2) is 0 Å². The van der Waals surface area contributed by atoms with E-state index in [1.807, 2.05) is 0 Å². The molecule has 0 fully saturated rings. The second kappa shape index (κ2) is 2.14. The number of hydrogen-bond donors (Lipinski definition) is 1. The first kappa shape index (κ1) is 8.70. The van der Waals surface area contributed by atoms with E-state index in [2.05, 4.69) is 7.05 Å². The van der Waals surface area contributed by atoms with Crippen LogP contribution in [0.2, 0.25) is 0 Å². The average molecular weight is 162 g/mol. The first-order valence-electron chi connectivity index (χ1n) is 1.66. The Morgan fingerprint density at radius 2 is 1.67 bits per heavy atom. The second-order valence-corrected chi connectivity index (χ2v) is 2.85. The minimum absolute atomic E-state index is 0.878. The van der Waals surface area contributed by atoms with Crippen molar-refractivity contribution in [3.05, 3.63) is 7.05 Å². The molecule has 0 saturated heterocycles. The van der Waals surface area contributed by atoms with E-state index in [0.29, 0.717) is 0 Å². The number of rotatable bonds is 1. The minimum Gasteiger partial charge on any atom is -0.206 e. The van der Waals surface area contributed by atoms with Crippen molar-refractivity contribution in [1.82, 2.24) is 4.72 Å². The topological polar surface area (TPSA) is 46.2 Å². The Morgan fingerprint density at radius 1 is 1.33 bits per heavy atom. The maximum Gasteiger partial charge on any atom is 0.511 e. The predicted molar refractivity (Wildman–Crippen MR) is 23.5 cm³/mol. The molecule has 0 aromatic carbocycles. The molecule has 0 aromatic heterocycles. The van der Waals surface area contributed by atoms with Crippen LogP contribution in [0.1, 0.15) is 0 Å². The van der Waals surface area contributed by atoms with Crippen molar-refractivity contribution in [3.63, 3.8) is 0 Å². The first-order valence-corrected chi connectivity index (χ1v) is 3.15. The summed E-state index contributed by atoms with van der Waals surface area (Å²) >= 11 is 0. The molecule has 0 aliphatic heterocycles. The summed E-state index contributed by atoms with van der Waals surface area (Å²) in [7, 11) is -2.83. The number of halogens is 3. The molecule has 9 heavy (non-hydrogen) atoms. The monoisotopic (exact) mass is 162 g/mol. The Morgan fingerprint density at radius 3 is 1.67 bits per heavy atom. The summed E-state index contributed by atoms with van der Waals surface area (Å²) in [6.07, 6.45) is 0. The van der Waals surface area contributed by atoms with Gasteiger partial charge in [0.2, 0.25) is 0 Å². The first-order chi connectivity index (χ1) is 3.81. The van der Waals surface area contributed by atoms with E-state index < -0.39 is 15.5 Å². The highest BCUT2D eigenvalue weighted by Crippen LogP contribution is 2.20. The normalized spacial score (nSPS) is 13.8. The van der Waals surface area contributed by atoms with Crippen LogP contribution >= 0.6 is 0 Å². The Hall–Kier alpha value is -0.300. The fourth-order valence-corrected chi connectivity index (χ4v) is 0.245. The molecule has 3 nitrogen and oxygen atoms in total. The van der Waals surface area contributed by atoms with Crippen LogP contribution in [0.5, 0.6) is 0 Å². The van der Waals surface area contributed by atoms with Crippen molar-refractivity contribution in [2.75, 3.05) is 0 Å². The molecule has 0 amide bonds. The van der Waals surface area contributed by atoms with E-state index in [4.69, 9.17) is 0 Å². The lowest BCUT2D eigenvalue weighted by atomic mass is 11.5. The summed E-state index contributed by atoms with van der Waals surface area (Å²) in [5.41, 5.74) is -5.26. The van der Waals surface area contributed by atoms with Gasteiger partial charge in [-0.15, -0.1) is 0 Å². The van der Waals surface area contributed by atoms with Gasteiger partial charge >= 0.3 is 15.5 Å². The zero-order valence-electron chi connectivity index (χ0n) is 4.07. The Bertz CT molecular complexity index is 180. The van der Waals surface area contributed by atoms with Crippen molar-refractivity contribution < 1.29 is 21.6 Å². The maximum absolute atomic E-state index is 11.1. The van der Waals surface area contributed by atoms with E-state index in [0.717, 1.165) is 4.72 Å². The molecule has 0 heterocycles. The minimum atomic E-state index is -5.26. The van der Waals surface area contributed by atoms with Gasteiger partial charge in [-0.2, -0.15) is 13.2 Å². The summed E-state index contributed by atoms with van der Waals surface area (Å²) in [5.74, 6) is 0. The lowest BCUT2D eigenvalue weighted by Gasteiger charge is -2.03. The quantitative estimate of drug-likeness (QED) is 0.599. The van der Waals surface area contributed by atoms with Crippen LogP contribution in [-0.2, 0) is 10.0 Å². The van der Waals surface area contributed by atoms with Gasteiger partial charge in [-0.05, 0) is 0 Å². The average Bonchev–Trinajstić information content (AvgIpc) is 1.64. The summed E-state index contributed by atoms with van der Waals surface area (Å²) in [5, 5.41) is 0. The van der Waals surface area contributed by atoms with Crippen LogP contribution < -0.4 is 4.72 Å². The molecule has 0 aromatic rings. The largest absolute Gasteiger partial charge is 0.511 e. The van der Waals surface area contributed by atoms with Crippen LogP contribution in [0.3, 0.4) is 0 Å². The van der Waals surface area contributed by atoms with Gasteiger partial charge in [-0.25, -0.2) is 13.1 Å². The smallest absolute Gasteiger partial charge is 0.206 e. The van der Waals surface area contributed by atoms with Gasteiger partial charge in [0.1, 0.15) is 0 Å². The van der Waals surface area contributed by atoms with E-state index in [1.54, 1.807) is 0 Å². The number of alkyl halides is 3. The van der Waals surface area contributed by atoms with E-state index in [9.17, 15) is 21.6 Å². The molecular formula is C2H3F3NO2S. The van der Waals surface area contributed by atoms with Gasteiger partial charge in [0, 0.05) is 7.05 Å². The molecule has 0 saturated carbocycles. The predicted octanol–water partition coefficient (Wildman–Crippen LogP) is 0.217. The summed E-state index contributed by atoms with van der Waals surface area (Å²) in [6.45, 7) is 0. The zero-order chi connectivity index (χ0) is 7.71. The molecule has 0 atom stereocenters. The molecule has 0 rings (SSSR count). The lowest BCUT2D eigenvalue weighted by Crippen LogP contribution is -2.32. The third-order valence-corrected chi connectivity index (χ3v) is 1.48. The Kier molecular flexibility index (Phi) is 2.07. The van der Waals surface area contributed by atoms with Gasteiger partial charge in [-0.3, -0.25) is 0 Å². The highest BCUT2D eigenvalue weighted by Gasteiger charge is 2.44. The second-order valence-electron chi connectivity index (χ2n) is 1.09. The maximum atomic E-state index is 11.1. The van der Waals surface area contributed by atoms with Crippen LogP contribution in [0.4, 0.5) is 13.2 Å². The van der Waals surface area contributed by atoms with Crippen LogP contribution in [0.25, 0.3) is 0 Å². The number of hydrogen-bond acceptors (Lipinski definition) is 2. The lowest BCUT2D eigenvalue weighted by molar-refractivity contribution is -0.0444.